The zero-order valence-corrected chi connectivity index (χ0v) is 12.9. The summed E-state index contributed by atoms with van der Waals surface area (Å²) in [6.07, 6.45) is 4.95. The number of carbonyl (C=O) groups is 1. The monoisotopic (exact) mass is 320 g/mol. The minimum Gasteiger partial charge on any atom is -0.349 e. The Morgan fingerprint density at radius 3 is 2.21 bits per heavy atom. The van der Waals surface area contributed by atoms with E-state index >= 15 is 0 Å². The molecule has 120 valence electrons. The predicted octanol–water partition coefficient (Wildman–Crippen LogP) is 1.81. The second kappa shape index (κ2) is 7.77. The molecule has 0 spiro atoms. The van der Waals surface area contributed by atoms with Crippen LogP contribution in [0.1, 0.15) is 21.9 Å². The first-order valence-electron chi connectivity index (χ1n) is 7.46. The van der Waals surface area contributed by atoms with Gasteiger partial charge < -0.3 is 10.6 Å². The number of pyridine rings is 2. The smallest absolute Gasteiger partial charge is 0.270 e. The van der Waals surface area contributed by atoms with Crippen LogP contribution in [0.15, 0.2) is 61.1 Å². The average Bonchev–Trinajstić information content (AvgIpc) is 2.66. The third kappa shape index (κ3) is 4.33. The molecule has 0 aliphatic heterocycles. The van der Waals surface area contributed by atoms with Crippen molar-refractivity contribution in [2.45, 2.75) is 13.1 Å². The number of aromatic nitrogens is 4. The number of nitrogens with one attached hydrogen (secondary N) is 2. The quantitative estimate of drug-likeness (QED) is 0.719. The molecule has 0 unspecified atom stereocenters. The maximum Gasteiger partial charge on any atom is 0.270 e. The number of amides is 1. The fraction of sp³-hybridized carbons (Fsp3) is 0.118. The van der Waals surface area contributed by atoms with Gasteiger partial charge in [0.2, 0.25) is 5.95 Å². The van der Waals surface area contributed by atoms with Gasteiger partial charge in [0.25, 0.3) is 5.91 Å². The summed E-state index contributed by atoms with van der Waals surface area (Å²) in [5.41, 5.74) is 1.95. The maximum atomic E-state index is 12.2. The molecule has 24 heavy (non-hydrogen) atoms. The van der Waals surface area contributed by atoms with Crippen molar-refractivity contribution < 1.29 is 4.79 Å². The first kappa shape index (κ1) is 15.5. The highest BCUT2D eigenvalue weighted by Gasteiger charge is 2.09. The number of rotatable bonds is 6. The Balaban J connectivity index is 1.59. The minimum atomic E-state index is -0.274. The Morgan fingerprint density at radius 1 is 0.833 bits per heavy atom. The number of carbonyl (C=O) groups excluding carboxylic acids is 1. The largest absolute Gasteiger partial charge is 0.349 e. The molecule has 0 aliphatic rings. The molecular formula is C17H16N6O. The van der Waals surface area contributed by atoms with Crippen LogP contribution in [0.5, 0.6) is 0 Å². The molecule has 7 heteroatoms. The Morgan fingerprint density at radius 2 is 1.54 bits per heavy atom. The van der Waals surface area contributed by atoms with Crippen molar-refractivity contribution in [3.63, 3.8) is 0 Å². The molecule has 7 nitrogen and oxygen atoms in total. The molecule has 3 aromatic rings. The van der Waals surface area contributed by atoms with Crippen LogP contribution < -0.4 is 10.6 Å². The van der Waals surface area contributed by atoms with Gasteiger partial charge in [-0.3, -0.25) is 14.8 Å². The molecule has 0 aromatic carbocycles. The van der Waals surface area contributed by atoms with Crippen molar-refractivity contribution in [3.05, 3.63) is 78.1 Å². The van der Waals surface area contributed by atoms with Crippen molar-refractivity contribution >= 4 is 11.9 Å². The van der Waals surface area contributed by atoms with Gasteiger partial charge in [-0.25, -0.2) is 9.97 Å². The number of hydrogen-bond acceptors (Lipinski definition) is 6. The molecule has 0 aliphatic carbocycles. The fourth-order valence-corrected chi connectivity index (χ4v) is 2.01. The highest BCUT2D eigenvalue weighted by Crippen LogP contribution is 2.03. The summed E-state index contributed by atoms with van der Waals surface area (Å²) >= 11 is 0. The zero-order chi connectivity index (χ0) is 16.6. The van der Waals surface area contributed by atoms with Gasteiger partial charge in [0.05, 0.1) is 24.5 Å². The Bertz CT molecular complexity index is 794. The second-order valence-electron chi connectivity index (χ2n) is 4.94. The average molecular weight is 320 g/mol. The van der Waals surface area contributed by atoms with Crippen LogP contribution in [0, 0.1) is 0 Å². The zero-order valence-electron chi connectivity index (χ0n) is 12.9. The molecule has 3 heterocycles. The van der Waals surface area contributed by atoms with Gasteiger partial charge in [0.15, 0.2) is 0 Å². The summed E-state index contributed by atoms with van der Waals surface area (Å²) in [6, 6.07) is 12.8. The highest BCUT2D eigenvalue weighted by molar-refractivity contribution is 5.92. The normalized spacial score (nSPS) is 10.2. The van der Waals surface area contributed by atoms with Crippen LogP contribution in [0.2, 0.25) is 0 Å². The number of nitrogens with zero attached hydrogens (tertiary/aromatic N) is 4. The molecule has 3 rings (SSSR count). The Hall–Kier alpha value is -3.35. The van der Waals surface area contributed by atoms with Crippen molar-refractivity contribution in [1.82, 2.24) is 25.3 Å². The summed E-state index contributed by atoms with van der Waals surface area (Å²) in [7, 11) is 0. The standard InChI is InChI=1S/C17H16N6O/c24-16(21-11-13-5-1-3-8-18-13)15-7-10-20-17(23-15)22-12-14-6-2-4-9-19-14/h1-10H,11-12H2,(H,21,24)(H,20,22,23). The van der Waals surface area contributed by atoms with E-state index in [1.165, 1.54) is 0 Å². The number of anilines is 1. The molecule has 0 fully saturated rings. The van der Waals surface area contributed by atoms with E-state index in [9.17, 15) is 4.79 Å². The van der Waals surface area contributed by atoms with Gasteiger partial charge in [-0.15, -0.1) is 0 Å². The van der Waals surface area contributed by atoms with Crippen molar-refractivity contribution in [3.8, 4) is 0 Å². The summed E-state index contributed by atoms with van der Waals surface area (Å²) in [5, 5.41) is 5.84. The third-order valence-corrected chi connectivity index (χ3v) is 3.20. The Kier molecular flexibility index (Phi) is 5.03. The molecule has 0 saturated heterocycles. The molecule has 1 amide bonds. The van der Waals surface area contributed by atoms with Gasteiger partial charge >= 0.3 is 0 Å². The summed E-state index contributed by atoms with van der Waals surface area (Å²) in [6.45, 7) is 0.834. The van der Waals surface area contributed by atoms with E-state index in [1.54, 1.807) is 24.7 Å². The van der Waals surface area contributed by atoms with Crippen LogP contribution in [-0.2, 0) is 13.1 Å². The summed E-state index contributed by atoms with van der Waals surface area (Å²) in [4.78, 5) is 28.9. The lowest BCUT2D eigenvalue weighted by atomic mass is 10.3. The number of hydrogen-bond donors (Lipinski definition) is 2. The first-order valence-corrected chi connectivity index (χ1v) is 7.46. The van der Waals surface area contributed by atoms with Crippen LogP contribution in [0.3, 0.4) is 0 Å². The van der Waals surface area contributed by atoms with Gasteiger partial charge in [-0.2, -0.15) is 0 Å². The summed E-state index contributed by atoms with van der Waals surface area (Å²) in [5.74, 6) is 0.107. The van der Waals surface area contributed by atoms with Crippen LogP contribution in [0.25, 0.3) is 0 Å². The van der Waals surface area contributed by atoms with E-state index in [-0.39, 0.29) is 5.91 Å². The lowest BCUT2D eigenvalue weighted by Gasteiger charge is -2.07. The lowest BCUT2D eigenvalue weighted by Crippen LogP contribution is -2.24. The SMILES string of the molecule is O=C(NCc1ccccn1)c1ccnc(NCc2ccccn2)n1. The van der Waals surface area contributed by atoms with Gasteiger partial charge in [0, 0.05) is 18.6 Å². The van der Waals surface area contributed by atoms with E-state index in [4.69, 9.17) is 0 Å². The van der Waals surface area contributed by atoms with Crippen LogP contribution in [0.4, 0.5) is 5.95 Å². The molecule has 0 bridgehead atoms. The van der Waals surface area contributed by atoms with Gasteiger partial charge in [-0.1, -0.05) is 12.1 Å². The molecule has 2 N–H and O–H groups in total. The second-order valence-corrected chi connectivity index (χ2v) is 4.94. The minimum absolute atomic E-state index is 0.274. The maximum absolute atomic E-state index is 12.2. The highest BCUT2D eigenvalue weighted by atomic mass is 16.1. The van der Waals surface area contributed by atoms with Crippen molar-refractivity contribution in [1.29, 1.82) is 0 Å². The van der Waals surface area contributed by atoms with E-state index in [0.717, 1.165) is 11.4 Å². The van der Waals surface area contributed by atoms with E-state index in [1.807, 2.05) is 36.4 Å². The first-order chi connectivity index (χ1) is 11.8. The molecule has 3 aromatic heterocycles. The van der Waals surface area contributed by atoms with E-state index in [2.05, 4.69) is 30.6 Å². The van der Waals surface area contributed by atoms with Crippen molar-refractivity contribution in [2.24, 2.45) is 0 Å². The van der Waals surface area contributed by atoms with Crippen molar-refractivity contribution in [2.75, 3.05) is 5.32 Å². The third-order valence-electron chi connectivity index (χ3n) is 3.20. The fourth-order valence-electron chi connectivity index (χ4n) is 2.01. The predicted molar refractivity (Wildman–Crippen MR) is 89.0 cm³/mol. The molecular weight excluding hydrogens is 304 g/mol. The van der Waals surface area contributed by atoms with Crippen LogP contribution >= 0.6 is 0 Å². The molecule has 0 saturated carbocycles. The molecule has 0 atom stereocenters. The topological polar surface area (TPSA) is 92.7 Å². The summed E-state index contributed by atoms with van der Waals surface area (Å²) < 4.78 is 0. The van der Waals surface area contributed by atoms with Gasteiger partial charge in [-0.05, 0) is 30.3 Å². The Labute approximate surface area is 139 Å². The van der Waals surface area contributed by atoms with Crippen LogP contribution in [-0.4, -0.2) is 25.8 Å². The lowest BCUT2D eigenvalue weighted by molar-refractivity contribution is 0.0945. The van der Waals surface area contributed by atoms with E-state index < -0.39 is 0 Å². The van der Waals surface area contributed by atoms with Gasteiger partial charge in [0.1, 0.15) is 5.69 Å². The molecule has 0 radical (unpaired) electrons. The van der Waals surface area contributed by atoms with E-state index in [0.29, 0.717) is 24.7 Å².